The zero-order valence-corrected chi connectivity index (χ0v) is 14.1. The lowest BCUT2D eigenvalue weighted by Crippen LogP contribution is -2.46. The second-order valence-electron chi connectivity index (χ2n) is 6.82. The van der Waals surface area contributed by atoms with Gasteiger partial charge in [0.05, 0.1) is 12.1 Å². The quantitative estimate of drug-likeness (QED) is 0.904. The van der Waals surface area contributed by atoms with Crippen LogP contribution in [0.3, 0.4) is 0 Å². The molecule has 24 heavy (non-hydrogen) atoms. The Morgan fingerprint density at radius 1 is 1.21 bits per heavy atom. The fourth-order valence-corrected chi connectivity index (χ4v) is 2.83. The van der Waals surface area contributed by atoms with E-state index >= 15 is 0 Å². The number of aliphatic hydroxyl groups excluding tert-OH is 1. The van der Waals surface area contributed by atoms with Gasteiger partial charge < -0.3 is 15.3 Å². The monoisotopic (exact) mass is 325 g/mol. The second-order valence-corrected chi connectivity index (χ2v) is 6.82. The van der Waals surface area contributed by atoms with Crippen LogP contribution in [0.15, 0.2) is 42.5 Å². The molecule has 2 N–H and O–H groups in total. The van der Waals surface area contributed by atoms with E-state index in [1.165, 1.54) is 11.1 Å². The van der Waals surface area contributed by atoms with Crippen LogP contribution in [-0.2, 0) is 13.0 Å². The maximum Gasteiger partial charge on any atom is 0.270 e. The molecule has 3 rings (SSSR count). The first-order valence-corrected chi connectivity index (χ1v) is 8.21. The lowest BCUT2D eigenvalue weighted by molar-refractivity contribution is 0.0864. The first-order valence-electron chi connectivity index (χ1n) is 8.21. The van der Waals surface area contributed by atoms with Crippen LogP contribution < -0.4 is 10.2 Å². The number of pyridine rings is 1. The Morgan fingerprint density at radius 2 is 1.96 bits per heavy atom. The molecule has 1 aromatic carbocycles. The molecular formula is C19H23N3O2. The molecule has 0 atom stereocenters. The fourth-order valence-electron chi connectivity index (χ4n) is 2.83. The van der Waals surface area contributed by atoms with Gasteiger partial charge >= 0.3 is 0 Å². The van der Waals surface area contributed by atoms with E-state index in [0.717, 1.165) is 25.3 Å². The Bertz CT molecular complexity index is 743. The SMILES string of the molecule is CC(C)(CO)NC(=O)c1cccc(N2CCc3ccccc3C2)n1. The highest BCUT2D eigenvalue weighted by atomic mass is 16.3. The van der Waals surface area contributed by atoms with E-state index in [0.29, 0.717) is 5.69 Å². The van der Waals surface area contributed by atoms with Gasteiger partial charge in [0, 0.05) is 13.1 Å². The molecule has 5 nitrogen and oxygen atoms in total. The predicted molar refractivity (Wildman–Crippen MR) is 94.1 cm³/mol. The average Bonchev–Trinajstić information content (AvgIpc) is 2.61. The lowest BCUT2D eigenvalue weighted by Gasteiger charge is -2.30. The number of nitrogens with zero attached hydrogens (tertiary/aromatic N) is 2. The summed E-state index contributed by atoms with van der Waals surface area (Å²) in [5.74, 6) is 0.535. The van der Waals surface area contributed by atoms with Gasteiger partial charge in [0.15, 0.2) is 0 Å². The van der Waals surface area contributed by atoms with E-state index in [9.17, 15) is 9.90 Å². The number of anilines is 1. The van der Waals surface area contributed by atoms with Gasteiger partial charge in [-0.25, -0.2) is 4.98 Å². The molecule has 0 spiro atoms. The minimum absolute atomic E-state index is 0.124. The smallest absolute Gasteiger partial charge is 0.270 e. The van der Waals surface area contributed by atoms with E-state index in [1.807, 2.05) is 12.1 Å². The molecule has 0 bridgehead atoms. The minimum Gasteiger partial charge on any atom is -0.394 e. The summed E-state index contributed by atoms with van der Waals surface area (Å²) in [5, 5.41) is 12.1. The number of nitrogens with one attached hydrogen (secondary N) is 1. The summed E-state index contributed by atoms with van der Waals surface area (Å²) in [7, 11) is 0. The van der Waals surface area contributed by atoms with Gasteiger partial charge in [0.25, 0.3) is 5.91 Å². The first-order chi connectivity index (χ1) is 11.5. The summed E-state index contributed by atoms with van der Waals surface area (Å²) in [4.78, 5) is 19.1. The minimum atomic E-state index is -0.668. The zero-order valence-electron chi connectivity index (χ0n) is 14.1. The molecule has 1 aromatic heterocycles. The van der Waals surface area contributed by atoms with Gasteiger partial charge in [0.1, 0.15) is 11.5 Å². The number of carbonyl (C=O) groups excluding carboxylic acids is 1. The Morgan fingerprint density at radius 3 is 2.71 bits per heavy atom. The number of hydrogen-bond donors (Lipinski definition) is 2. The summed E-state index contributed by atoms with van der Waals surface area (Å²) in [6.45, 7) is 5.11. The van der Waals surface area contributed by atoms with Crippen molar-refractivity contribution in [2.24, 2.45) is 0 Å². The summed E-state index contributed by atoms with van der Waals surface area (Å²) in [6.07, 6.45) is 0.978. The van der Waals surface area contributed by atoms with Gasteiger partial charge in [-0.2, -0.15) is 0 Å². The van der Waals surface area contributed by atoms with Crippen molar-refractivity contribution < 1.29 is 9.90 Å². The van der Waals surface area contributed by atoms with Crippen LogP contribution in [0.5, 0.6) is 0 Å². The molecule has 1 amide bonds. The number of hydrogen-bond acceptors (Lipinski definition) is 4. The molecule has 0 saturated carbocycles. The molecule has 5 heteroatoms. The molecule has 0 radical (unpaired) electrons. The van der Waals surface area contributed by atoms with Crippen LogP contribution in [-0.4, -0.2) is 34.7 Å². The van der Waals surface area contributed by atoms with E-state index in [4.69, 9.17) is 0 Å². The van der Waals surface area contributed by atoms with Crippen LogP contribution in [0.4, 0.5) is 5.82 Å². The van der Waals surface area contributed by atoms with E-state index < -0.39 is 5.54 Å². The Balaban J connectivity index is 1.78. The van der Waals surface area contributed by atoms with Crippen molar-refractivity contribution in [3.05, 3.63) is 59.3 Å². The first kappa shape index (κ1) is 16.5. The van der Waals surface area contributed by atoms with Crippen molar-refractivity contribution in [3.8, 4) is 0 Å². The third-order valence-corrected chi connectivity index (χ3v) is 4.27. The lowest BCUT2D eigenvalue weighted by atomic mass is 10.00. The molecular weight excluding hydrogens is 302 g/mol. The Labute approximate surface area is 142 Å². The topological polar surface area (TPSA) is 65.5 Å². The Kier molecular flexibility index (Phi) is 4.53. The number of rotatable bonds is 4. The van der Waals surface area contributed by atoms with Gasteiger partial charge in [-0.05, 0) is 43.5 Å². The third kappa shape index (κ3) is 3.57. The maximum absolute atomic E-state index is 12.3. The number of fused-ring (bicyclic) bond motifs is 1. The van der Waals surface area contributed by atoms with Gasteiger partial charge in [-0.1, -0.05) is 30.3 Å². The summed E-state index contributed by atoms with van der Waals surface area (Å²) in [6, 6.07) is 13.9. The third-order valence-electron chi connectivity index (χ3n) is 4.27. The molecule has 1 aliphatic heterocycles. The number of aliphatic hydroxyl groups is 1. The van der Waals surface area contributed by atoms with Crippen molar-refractivity contribution in [1.82, 2.24) is 10.3 Å². The highest BCUT2D eigenvalue weighted by Crippen LogP contribution is 2.23. The largest absolute Gasteiger partial charge is 0.394 e. The molecule has 2 heterocycles. The number of carbonyl (C=O) groups is 1. The van der Waals surface area contributed by atoms with Crippen molar-refractivity contribution in [1.29, 1.82) is 0 Å². The highest BCUT2D eigenvalue weighted by molar-refractivity contribution is 5.93. The molecule has 126 valence electrons. The van der Waals surface area contributed by atoms with Gasteiger partial charge in [0.2, 0.25) is 0 Å². The van der Waals surface area contributed by atoms with Crippen molar-refractivity contribution in [3.63, 3.8) is 0 Å². The highest BCUT2D eigenvalue weighted by Gasteiger charge is 2.22. The van der Waals surface area contributed by atoms with Gasteiger partial charge in [-0.15, -0.1) is 0 Å². The zero-order chi connectivity index (χ0) is 17.2. The average molecular weight is 325 g/mol. The van der Waals surface area contributed by atoms with Crippen LogP contribution in [0.1, 0.15) is 35.5 Å². The maximum atomic E-state index is 12.3. The fraction of sp³-hybridized carbons (Fsp3) is 0.368. The van der Waals surface area contributed by atoms with Crippen molar-refractivity contribution in [2.75, 3.05) is 18.1 Å². The van der Waals surface area contributed by atoms with Gasteiger partial charge in [-0.3, -0.25) is 4.79 Å². The van der Waals surface area contributed by atoms with Crippen LogP contribution in [0, 0.1) is 0 Å². The number of benzene rings is 1. The molecule has 0 saturated heterocycles. The van der Waals surface area contributed by atoms with E-state index in [1.54, 1.807) is 19.9 Å². The predicted octanol–water partition coefficient (Wildman–Crippen LogP) is 2.15. The van der Waals surface area contributed by atoms with Crippen LogP contribution >= 0.6 is 0 Å². The number of aromatic nitrogens is 1. The van der Waals surface area contributed by atoms with Crippen LogP contribution in [0.2, 0.25) is 0 Å². The molecule has 0 aliphatic carbocycles. The summed E-state index contributed by atoms with van der Waals surface area (Å²) in [5.41, 5.74) is 2.39. The standard InChI is InChI=1S/C19H23N3O2/c1-19(2,13-23)21-18(24)16-8-5-9-17(20-16)22-11-10-14-6-3-4-7-15(14)12-22/h3-9,23H,10-13H2,1-2H3,(H,21,24). The molecule has 2 aromatic rings. The van der Waals surface area contributed by atoms with Crippen LogP contribution in [0.25, 0.3) is 0 Å². The summed E-state index contributed by atoms with van der Waals surface area (Å²) < 4.78 is 0. The normalized spacial score (nSPS) is 14.2. The molecule has 0 unspecified atom stereocenters. The molecule has 1 aliphatic rings. The number of amides is 1. The second kappa shape index (κ2) is 6.61. The van der Waals surface area contributed by atoms with E-state index in [2.05, 4.69) is 39.5 Å². The van der Waals surface area contributed by atoms with Crippen molar-refractivity contribution in [2.45, 2.75) is 32.4 Å². The van der Waals surface area contributed by atoms with Crippen molar-refractivity contribution >= 4 is 11.7 Å². The summed E-state index contributed by atoms with van der Waals surface area (Å²) >= 11 is 0. The molecule has 0 fully saturated rings. The Hall–Kier alpha value is -2.40. The van der Waals surface area contributed by atoms with E-state index in [-0.39, 0.29) is 12.5 Å².